The van der Waals surface area contributed by atoms with Crippen molar-refractivity contribution < 1.29 is 9.47 Å². The van der Waals surface area contributed by atoms with Crippen molar-refractivity contribution in [2.24, 2.45) is 0 Å². The van der Waals surface area contributed by atoms with Gasteiger partial charge >= 0.3 is 0 Å². The van der Waals surface area contributed by atoms with E-state index < -0.39 is 0 Å². The van der Waals surface area contributed by atoms with Crippen LogP contribution in [0.15, 0.2) is 54.1 Å². The number of rotatable bonds is 9. The fraction of sp³-hybridized carbons (Fsp3) is 0.389. The molecule has 1 atom stereocenters. The maximum Gasteiger partial charge on any atom is 0.143 e. The van der Waals surface area contributed by atoms with Crippen molar-refractivity contribution >= 4 is 0 Å². The summed E-state index contributed by atoms with van der Waals surface area (Å²) in [7, 11) is 1.67. The second-order valence-electron chi connectivity index (χ2n) is 4.81. The van der Waals surface area contributed by atoms with Crippen molar-refractivity contribution in [2.75, 3.05) is 13.7 Å². The third kappa shape index (κ3) is 6.29. The predicted molar refractivity (Wildman–Crippen MR) is 85.1 cm³/mol. The van der Waals surface area contributed by atoms with Gasteiger partial charge < -0.3 is 9.47 Å². The zero-order chi connectivity index (χ0) is 15.5. The predicted octanol–water partition coefficient (Wildman–Crippen LogP) is 4.28. The van der Waals surface area contributed by atoms with Crippen LogP contribution in [0.1, 0.15) is 26.2 Å². The number of ether oxygens (including phenoxy) is 2. The Bertz CT molecular complexity index is 500. The molecule has 0 aliphatic carbocycles. The lowest BCUT2D eigenvalue weighted by Gasteiger charge is -2.21. The molecule has 0 bridgehead atoms. The van der Waals surface area contributed by atoms with Crippen molar-refractivity contribution in [1.82, 2.24) is 0 Å². The third-order valence-electron chi connectivity index (χ3n) is 3.23. The van der Waals surface area contributed by atoms with E-state index >= 15 is 0 Å². The molecule has 1 unspecified atom stereocenters. The molecule has 0 heterocycles. The van der Waals surface area contributed by atoms with E-state index in [4.69, 9.17) is 14.7 Å². The molecule has 21 heavy (non-hydrogen) atoms. The molecule has 0 fully saturated rings. The molecule has 0 N–H and O–H groups in total. The number of nitriles is 1. The van der Waals surface area contributed by atoms with E-state index in [0.717, 1.165) is 25.0 Å². The summed E-state index contributed by atoms with van der Waals surface area (Å²) >= 11 is 0. The summed E-state index contributed by atoms with van der Waals surface area (Å²) in [6, 6.07) is 11.8. The molecule has 3 heteroatoms. The van der Waals surface area contributed by atoms with E-state index in [2.05, 4.69) is 18.7 Å². The van der Waals surface area contributed by atoms with Crippen molar-refractivity contribution in [3.63, 3.8) is 0 Å². The number of hydrogen-bond donors (Lipinski definition) is 0. The molecule has 0 saturated carbocycles. The fourth-order valence-electron chi connectivity index (χ4n) is 2.08. The van der Waals surface area contributed by atoms with E-state index in [9.17, 15) is 0 Å². The lowest BCUT2D eigenvalue weighted by Crippen LogP contribution is -2.25. The Morgan fingerprint density at radius 2 is 2.05 bits per heavy atom. The Hall–Kier alpha value is -2.05. The smallest absolute Gasteiger partial charge is 0.143 e. The number of para-hydroxylation sites is 1. The molecule has 0 radical (unpaired) electrons. The van der Waals surface area contributed by atoms with Gasteiger partial charge in [0.2, 0.25) is 0 Å². The van der Waals surface area contributed by atoms with Crippen LogP contribution in [-0.4, -0.2) is 19.8 Å². The molecule has 1 aromatic rings. The van der Waals surface area contributed by atoms with Crippen molar-refractivity contribution in [3.8, 4) is 11.8 Å². The van der Waals surface area contributed by atoms with Crippen LogP contribution in [0.4, 0.5) is 0 Å². The van der Waals surface area contributed by atoms with Gasteiger partial charge in [0.05, 0.1) is 12.7 Å². The number of nitrogens with zero attached hydrogens (tertiary/aromatic N) is 1. The molecule has 0 aromatic heterocycles. The summed E-state index contributed by atoms with van der Waals surface area (Å²) < 4.78 is 11.3. The van der Waals surface area contributed by atoms with Gasteiger partial charge in [-0.05, 0) is 43.9 Å². The first-order valence-electron chi connectivity index (χ1n) is 7.14. The second kappa shape index (κ2) is 9.79. The molecule has 0 aliphatic rings. The molecule has 0 saturated heterocycles. The summed E-state index contributed by atoms with van der Waals surface area (Å²) in [5, 5.41) is 8.74. The summed E-state index contributed by atoms with van der Waals surface area (Å²) in [6.07, 6.45) is 4.46. The van der Waals surface area contributed by atoms with Crippen molar-refractivity contribution in [3.05, 3.63) is 54.1 Å². The van der Waals surface area contributed by atoms with Gasteiger partial charge in [0.1, 0.15) is 11.9 Å². The Morgan fingerprint density at radius 1 is 1.33 bits per heavy atom. The summed E-state index contributed by atoms with van der Waals surface area (Å²) in [6.45, 7) is 6.22. The average Bonchev–Trinajstić information content (AvgIpc) is 2.52. The highest BCUT2D eigenvalue weighted by Gasteiger charge is 2.15. The second-order valence-corrected chi connectivity index (χ2v) is 4.81. The molecule has 1 aromatic carbocycles. The van der Waals surface area contributed by atoms with Gasteiger partial charge in [-0.3, -0.25) is 0 Å². The summed E-state index contributed by atoms with van der Waals surface area (Å²) in [4.78, 5) is 0. The number of methoxy groups -OCH3 is 1. The topological polar surface area (TPSA) is 42.2 Å². The minimum atomic E-state index is -0.0993. The van der Waals surface area contributed by atoms with Gasteiger partial charge in [0, 0.05) is 12.7 Å². The number of allylic oxidation sites excluding steroid dienone is 2. The minimum absolute atomic E-state index is 0.0993. The zero-order valence-electron chi connectivity index (χ0n) is 12.8. The Labute approximate surface area is 127 Å². The lowest BCUT2D eigenvalue weighted by atomic mass is 10.0. The first-order chi connectivity index (χ1) is 10.2. The van der Waals surface area contributed by atoms with E-state index in [-0.39, 0.29) is 6.10 Å². The highest BCUT2D eigenvalue weighted by Crippen LogP contribution is 2.20. The van der Waals surface area contributed by atoms with Crippen LogP contribution in [0.2, 0.25) is 0 Å². The summed E-state index contributed by atoms with van der Waals surface area (Å²) in [5.41, 5.74) is 1.81. The van der Waals surface area contributed by atoms with Gasteiger partial charge in [0.15, 0.2) is 0 Å². The Balaban J connectivity index is 2.64. The van der Waals surface area contributed by atoms with E-state index in [1.165, 1.54) is 5.57 Å². The number of benzene rings is 1. The van der Waals surface area contributed by atoms with E-state index in [0.29, 0.717) is 12.2 Å². The van der Waals surface area contributed by atoms with Crippen LogP contribution in [0, 0.1) is 11.3 Å². The zero-order valence-corrected chi connectivity index (χ0v) is 12.8. The first kappa shape index (κ1) is 17.0. The maximum absolute atomic E-state index is 8.74. The summed E-state index contributed by atoms with van der Waals surface area (Å²) in [5.74, 6) is 0.834. The lowest BCUT2D eigenvalue weighted by molar-refractivity contribution is 0.0991. The van der Waals surface area contributed by atoms with Gasteiger partial charge in [-0.2, -0.15) is 5.26 Å². The first-order valence-corrected chi connectivity index (χ1v) is 7.14. The molecule has 112 valence electrons. The van der Waals surface area contributed by atoms with Gasteiger partial charge in [0.25, 0.3) is 0 Å². The Kier molecular flexibility index (Phi) is 7.93. The van der Waals surface area contributed by atoms with Gasteiger partial charge in [-0.15, -0.1) is 0 Å². The Morgan fingerprint density at radius 3 is 2.62 bits per heavy atom. The van der Waals surface area contributed by atoms with Crippen LogP contribution in [0.3, 0.4) is 0 Å². The van der Waals surface area contributed by atoms with Crippen LogP contribution in [0.25, 0.3) is 0 Å². The standard InChI is InChI=1S/C18H23NO2/c1-4-16(10-8-9-15(2)13-19)18(14-20-3)21-17-11-6-5-7-12-17/h4-7,11-12,18H,2,8-10,14H2,1,3H3. The van der Waals surface area contributed by atoms with E-state index in [1.807, 2.05) is 37.3 Å². The monoisotopic (exact) mass is 285 g/mol. The normalized spacial score (nSPS) is 12.5. The molecular weight excluding hydrogens is 262 g/mol. The quantitative estimate of drug-likeness (QED) is 0.502. The third-order valence-corrected chi connectivity index (χ3v) is 3.23. The highest BCUT2D eigenvalue weighted by molar-refractivity contribution is 5.23. The van der Waals surface area contributed by atoms with Crippen LogP contribution >= 0.6 is 0 Å². The van der Waals surface area contributed by atoms with Crippen molar-refractivity contribution in [1.29, 1.82) is 5.26 Å². The number of hydrogen-bond acceptors (Lipinski definition) is 3. The largest absolute Gasteiger partial charge is 0.484 e. The molecular formula is C18H23NO2. The van der Waals surface area contributed by atoms with Crippen molar-refractivity contribution in [2.45, 2.75) is 32.3 Å². The van der Waals surface area contributed by atoms with Gasteiger partial charge in [-0.25, -0.2) is 0 Å². The fourth-order valence-corrected chi connectivity index (χ4v) is 2.08. The van der Waals surface area contributed by atoms with Crippen LogP contribution in [0.5, 0.6) is 5.75 Å². The van der Waals surface area contributed by atoms with E-state index in [1.54, 1.807) is 7.11 Å². The maximum atomic E-state index is 8.74. The van der Waals surface area contributed by atoms with Crippen LogP contribution < -0.4 is 4.74 Å². The molecule has 3 nitrogen and oxygen atoms in total. The molecule has 0 aliphatic heterocycles. The van der Waals surface area contributed by atoms with Gasteiger partial charge in [-0.1, -0.05) is 30.9 Å². The average molecular weight is 285 g/mol. The minimum Gasteiger partial charge on any atom is -0.484 e. The highest BCUT2D eigenvalue weighted by atomic mass is 16.5. The SMILES string of the molecule is C=C(C#N)CCCC(=CC)C(COC)Oc1ccccc1. The molecule has 1 rings (SSSR count). The van der Waals surface area contributed by atoms with Crippen LogP contribution in [-0.2, 0) is 4.74 Å². The molecule has 0 amide bonds. The molecule has 0 spiro atoms.